The van der Waals surface area contributed by atoms with E-state index in [0.717, 1.165) is 40.4 Å². The van der Waals surface area contributed by atoms with Crippen molar-refractivity contribution in [3.05, 3.63) is 33.4 Å². The van der Waals surface area contributed by atoms with E-state index in [2.05, 4.69) is 41.9 Å². The summed E-state index contributed by atoms with van der Waals surface area (Å²) in [6.07, 6.45) is 5.04. The zero-order chi connectivity index (χ0) is 18.6. The molecule has 0 aliphatic heterocycles. The molecule has 0 unspecified atom stereocenters. The maximum Gasteiger partial charge on any atom is 0.263 e. The van der Waals surface area contributed by atoms with Crippen molar-refractivity contribution in [2.24, 2.45) is 18.4 Å². The Morgan fingerprint density at radius 3 is 2.85 bits per heavy atom. The number of hydrogen-bond acceptors (Lipinski definition) is 5. The molecule has 5 nitrogen and oxygen atoms in total. The molecule has 26 heavy (non-hydrogen) atoms. The second kappa shape index (κ2) is 6.23. The molecule has 3 aromatic heterocycles. The van der Waals surface area contributed by atoms with Gasteiger partial charge in [-0.3, -0.25) is 9.36 Å². The van der Waals surface area contributed by atoms with Gasteiger partial charge in [-0.15, -0.1) is 28.1 Å². The topological polar surface area (TPSA) is 52.2 Å². The van der Waals surface area contributed by atoms with E-state index in [0.29, 0.717) is 11.7 Å². The first-order valence-electron chi connectivity index (χ1n) is 8.95. The summed E-state index contributed by atoms with van der Waals surface area (Å²) in [6.45, 7) is 10.7. The molecule has 0 N–H and O–H groups in total. The molecule has 0 saturated heterocycles. The summed E-state index contributed by atoms with van der Waals surface area (Å²) in [5, 5.41) is 10.3. The van der Waals surface area contributed by atoms with E-state index in [1.54, 1.807) is 34.7 Å². The third-order valence-electron chi connectivity index (χ3n) is 5.44. The first-order chi connectivity index (χ1) is 12.3. The fraction of sp³-hybridized carbons (Fsp3) is 0.526. The third-order valence-corrected chi connectivity index (χ3v) is 7.60. The molecule has 0 saturated carbocycles. The molecule has 0 bridgehead atoms. The minimum Gasteiger partial charge on any atom is -0.279 e. The van der Waals surface area contributed by atoms with Crippen LogP contribution in [0, 0.1) is 11.3 Å². The van der Waals surface area contributed by atoms with E-state index in [4.69, 9.17) is 0 Å². The molecule has 0 radical (unpaired) electrons. The highest BCUT2D eigenvalue weighted by Crippen LogP contribution is 2.42. The van der Waals surface area contributed by atoms with Gasteiger partial charge < -0.3 is 0 Å². The smallest absolute Gasteiger partial charge is 0.263 e. The Morgan fingerprint density at radius 2 is 2.15 bits per heavy atom. The van der Waals surface area contributed by atoms with Crippen LogP contribution < -0.4 is 5.56 Å². The van der Waals surface area contributed by atoms with Crippen LogP contribution in [0.1, 0.15) is 37.6 Å². The number of rotatable bonds is 3. The van der Waals surface area contributed by atoms with E-state index >= 15 is 0 Å². The summed E-state index contributed by atoms with van der Waals surface area (Å²) < 4.78 is 3.69. The van der Waals surface area contributed by atoms with E-state index in [-0.39, 0.29) is 11.0 Å². The van der Waals surface area contributed by atoms with Gasteiger partial charge in [0.05, 0.1) is 5.39 Å². The molecule has 0 amide bonds. The van der Waals surface area contributed by atoms with Crippen LogP contribution in [0.25, 0.3) is 16.0 Å². The Kier molecular flexibility index (Phi) is 4.27. The van der Waals surface area contributed by atoms with Crippen molar-refractivity contribution < 1.29 is 0 Å². The molecule has 0 fully saturated rings. The Labute approximate surface area is 161 Å². The lowest BCUT2D eigenvalue weighted by atomic mass is 9.72. The van der Waals surface area contributed by atoms with Gasteiger partial charge in [-0.25, -0.2) is 4.40 Å². The minimum atomic E-state index is 0.0480. The largest absolute Gasteiger partial charge is 0.279 e. The highest BCUT2D eigenvalue weighted by atomic mass is 32.2. The zero-order valence-electron chi connectivity index (χ0n) is 15.7. The molecule has 3 aromatic rings. The Morgan fingerprint density at radius 1 is 1.38 bits per heavy atom. The van der Waals surface area contributed by atoms with Crippen LogP contribution in [0.15, 0.2) is 22.6 Å². The number of thioether (sulfide) groups is 1. The van der Waals surface area contributed by atoms with E-state index < -0.39 is 0 Å². The van der Waals surface area contributed by atoms with Crippen LogP contribution in [0.5, 0.6) is 0 Å². The monoisotopic (exact) mass is 388 g/mol. The van der Waals surface area contributed by atoms with Crippen molar-refractivity contribution in [2.75, 3.05) is 5.75 Å². The lowest BCUT2D eigenvalue weighted by Gasteiger charge is -2.33. The van der Waals surface area contributed by atoms with Gasteiger partial charge in [0.1, 0.15) is 4.83 Å². The molecule has 0 spiro atoms. The summed E-state index contributed by atoms with van der Waals surface area (Å²) in [5.74, 6) is 2.03. The summed E-state index contributed by atoms with van der Waals surface area (Å²) in [4.78, 5) is 15.4. The molecular formula is C19H24N4OS2. The molecular weight excluding hydrogens is 364 g/mol. The fourth-order valence-electron chi connectivity index (χ4n) is 3.83. The fourth-order valence-corrected chi connectivity index (χ4v) is 5.97. The normalized spacial score (nSPS) is 17.8. The molecule has 7 heteroatoms. The maximum absolute atomic E-state index is 13.0. The number of thiophene rings is 1. The predicted octanol–water partition coefficient (Wildman–Crippen LogP) is 4.07. The average Bonchev–Trinajstić information content (AvgIpc) is 3.17. The zero-order valence-corrected chi connectivity index (χ0v) is 17.3. The van der Waals surface area contributed by atoms with Crippen molar-refractivity contribution in [3.8, 4) is 0 Å². The van der Waals surface area contributed by atoms with Gasteiger partial charge in [0.2, 0.25) is 5.78 Å². The van der Waals surface area contributed by atoms with Crippen LogP contribution in [-0.4, -0.2) is 24.9 Å². The van der Waals surface area contributed by atoms with Gasteiger partial charge >= 0.3 is 0 Å². The van der Waals surface area contributed by atoms with Crippen LogP contribution >= 0.6 is 23.1 Å². The molecule has 1 atom stereocenters. The van der Waals surface area contributed by atoms with Crippen molar-refractivity contribution in [1.82, 2.24) is 19.2 Å². The van der Waals surface area contributed by atoms with Crippen LogP contribution in [0.4, 0.5) is 0 Å². The first-order valence-corrected chi connectivity index (χ1v) is 10.7. The standard InChI is InChI=1S/C19H24N4OS2/c1-6-9-25-18-21-20-17-22(5)15(24)14-12-8-7-11(19(2,3)4)10-13(12)26-16(14)23(17)18/h6,11H,1,7-10H2,2-5H3/t11-/m1/s1. The van der Waals surface area contributed by atoms with Crippen molar-refractivity contribution in [2.45, 2.75) is 45.2 Å². The molecule has 1 aliphatic carbocycles. The van der Waals surface area contributed by atoms with E-state index in [1.165, 1.54) is 10.4 Å². The number of aromatic nitrogens is 4. The Bertz CT molecular complexity index is 1070. The average molecular weight is 389 g/mol. The predicted molar refractivity (Wildman–Crippen MR) is 110 cm³/mol. The maximum atomic E-state index is 13.0. The molecule has 4 rings (SSSR count). The highest BCUT2D eigenvalue weighted by Gasteiger charge is 2.32. The lowest BCUT2D eigenvalue weighted by molar-refractivity contribution is 0.218. The quantitative estimate of drug-likeness (QED) is 0.501. The number of fused-ring (bicyclic) bond motifs is 5. The van der Waals surface area contributed by atoms with Crippen molar-refractivity contribution in [3.63, 3.8) is 0 Å². The summed E-state index contributed by atoms with van der Waals surface area (Å²) >= 11 is 3.35. The Hall–Kier alpha value is -1.60. The lowest BCUT2D eigenvalue weighted by Crippen LogP contribution is -2.27. The number of hydrogen-bond donors (Lipinski definition) is 0. The van der Waals surface area contributed by atoms with E-state index in [9.17, 15) is 4.79 Å². The SMILES string of the molecule is C=CCSc1nnc2n(C)c(=O)c3c4c(sc3n12)C[C@H](C(C)(C)C)CC4. The third kappa shape index (κ3) is 2.63. The second-order valence-electron chi connectivity index (χ2n) is 8.07. The van der Waals surface area contributed by atoms with Crippen LogP contribution in [0.2, 0.25) is 0 Å². The molecule has 1 aliphatic rings. The summed E-state index contributed by atoms with van der Waals surface area (Å²) in [5.41, 5.74) is 1.59. The van der Waals surface area contributed by atoms with Gasteiger partial charge in [0.15, 0.2) is 5.16 Å². The first kappa shape index (κ1) is 17.8. The summed E-state index contributed by atoms with van der Waals surface area (Å²) in [7, 11) is 1.79. The van der Waals surface area contributed by atoms with Crippen molar-refractivity contribution in [1.29, 1.82) is 0 Å². The molecule has 3 heterocycles. The second-order valence-corrected chi connectivity index (χ2v) is 10.1. The van der Waals surface area contributed by atoms with Crippen LogP contribution in [-0.2, 0) is 19.9 Å². The number of aryl methyl sites for hydroxylation is 2. The van der Waals surface area contributed by atoms with Gasteiger partial charge in [-0.1, -0.05) is 38.6 Å². The number of nitrogens with zero attached hydrogens (tertiary/aromatic N) is 4. The van der Waals surface area contributed by atoms with Gasteiger partial charge in [-0.05, 0) is 36.2 Å². The highest BCUT2D eigenvalue weighted by molar-refractivity contribution is 7.99. The van der Waals surface area contributed by atoms with Gasteiger partial charge in [-0.2, -0.15) is 0 Å². The molecule has 138 valence electrons. The van der Waals surface area contributed by atoms with Crippen LogP contribution in [0.3, 0.4) is 0 Å². The Balaban J connectivity index is 1.97. The minimum absolute atomic E-state index is 0.0480. The van der Waals surface area contributed by atoms with Crippen molar-refractivity contribution >= 4 is 39.1 Å². The van der Waals surface area contributed by atoms with Gasteiger partial charge in [0.25, 0.3) is 5.56 Å². The van der Waals surface area contributed by atoms with E-state index in [1.807, 2.05) is 6.08 Å². The summed E-state index contributed by atoms with van der Waals surface area (Å²) in [6, 6.07) is 0. The molecule has 0 aromatic carbocycles. The van der Waals surface area contributed by atoms with Gasteiger partial charge in [0, 0.05) is 17.7 Å².